The van der Waals surface area contributed by atoms with Crippen LogP contribution in [0, 0.1) is 0 Å². The summed E-state index contributed by atoms with van der Waals surface area (Å²) in [7, 11) is 0. The third-order valence-corrected chi connectivity index (χ3v) is 4.69. The molecule has 2 aromatic carbocycles. The number of hydrogen-bond donors (Lipinski definition) is 2. The summed E-state index contributed by atoms with van der Waals surface area (Å²) in [4.78, 5) is 24.6. The van der Waals surface area contributed by atoms with Crippen LogP contribution in [0.3, 0.4) is 0 Å². The maximum Gasteiger partial charge on any atom is 0.273 e. The van der Waals surface area contributed by atoms with E-state index in [4.69, 9.17) is 4.74 Å². The smallest absolute Gasteiger partial charge is 0.273 e. The summed E-state index contributed by atoms with van der Waals surface area (Å²) >= 11 is 0. The molecular weight excluding hydrogens is 382 g/mol. The number of hydrogen-bond acceptors (Lipinski definition) is 5. The van der Waals surface area contributed by atoms with Crippen LogP contribution in [0.5, 0.6) is 5.75 Å². The maximum absolute atomic E-state index is 12.4. The van der Waals surface area contributed by atoms with E-state index in [2.05, 4.69) is 20.9 Å². The van der Waals surface area contributed by atoms with Crippen molar-refractivity contribution >= 4 is 11.8 Å². The zero-order valence-electron chi connectivity index (χ0n) is 16.7. The van der Waals surface area contributed by atoms with Crippen LogP contribution in [-0.4, -0.2) is 39.4 Å². The van der Waals surface area contributed by atoms with Gasteiger partial charge in [-0.05, 0) is 37.5 Å². The molecule has 1 aliphatic rings. The van der Waals surface area contributed by atoms with Crippen LogP contribution in [0.15, 0.2) is 54.7 Å². The minimum Gasteiger partial charge on any atom is -0.488 e. The molecule has 0 atom stereocenters. The molecule has 1 aromatic heterocycles. The maximum atomic E-state index is 12.4. The van der Waals surface area contributed by atoms with Crippen molar-refractivity contribution in [3.05, 3.63) is 71.5 Å². The molecule has 2 amide bonds. The molecule has 0 spiro atoms. The summed E-state index contributed by atoms with van der Waals surface area (Å²) in [6, 6.07) is 15.1. The minimum atomic E-state index is -0.233. The zero-order chi connectivity index (χ0) is 20.9. The average molecular weight is 405 g/mol. The van der Waals surface area contributed by atoms with Gasteiger partial charge in [-0.25, -0.2) is 4.68 Å². The first-order valence-corrected chi connectivity index (χ1v) is 9.96. The van der Waals surface area contributed by atoms with Crippen LogP contribution in [-0.2, 0) is 6.61 Å². The van der Waals surface area contributed by atoms with Crippen LogP contribution in [0.25, 0.3) is 5.69 Å². The third kappa shape index (κ3) is 4.65. The molecule has 0 radical (unpaired) electrons. The number of carbonyl (C=O) groups excluding carboxylic acids is 2. The predicted molar refractivity (Wildman–Crippen MR) is 111 cm³/mol. The van der Waals surface area contributed by atoms with Crippen molar-refractivity contribution in [1.82, 2.24) is 25.6 Å². The minimum absolute atomic E-state index is 0.213. The van der Waals surface area contributed by atoms with E-state index < -0.39 is 0 Å². The Hall–Kier alpha value is -3.68. The van der Waals surface area contributed by atoms with Crippen LogP contribution in [0.2, 0.25) is 0 Å². The van der Waals surface area contributed by atoms with Crippen molar-refractivity contribution in [2.24, 2.45) is 0 Å². The average Bonchev–Trinajstić information content (AvgIpc) is 3.44. The van der Waals surface area contributed by atoms with E-state index in [1.165, 1.54) is 4.68 Å². The van der Waals surface area contributed by atoms with Crippen molar-refractivity contribution in [1.29, 1.82) is 0 Å². The van der Waals surface area contributed by atoms with Gasteiger partial charge in [0.25, 0.3) is 11.8 Å². The third-order valence-electron chi connectivity index (χ3n) is 4.69. The topological polar surface area (TPSA) is 98.1 Å². The molecule has 0 unspecified atom stereocenters. The molecule has 1 aliphatic carbocycles. The Balaban J connectivity index is 1.58. The molecule has 1 saturated carbocycles. The lowest BCUT2D eigenvalue weighted by Crippen LogP contribution is -2.25. The predicted octanol–water partition coefficient (Wildman–Crippen LogP) is 2.49. The van der Waals surface area contributed by atoms with E-state index in [0.717, 1.165) is 18.4 Å². The van der Waals surface area contributed by atoms with E-state index in [0.29, 0.717) is 30.2 Å². The van der Waals surface area contributed by atoms with E-state index in [1.807, 2.05) is 37.3 Å². The highest BCUT2D eigenvalue weighted by Gasteiger charge is 2.25. The Morgan fingerprint density at radius 3 is 2.67 bits per heavy atom. The summed E-state index contributed by atoms with van der Waals surface area (Å²) in [5.41, 5.74) is 2.32. The van der Waals surface area contributed by atoms with Gasteiger partial charge in [0, 0.05) is 18.7 Å². The molecule has 0 bridgehead atoms. The monoisotopic (exact) mass is 405 g/mol. The fourth-order valence-electron chi connectivity index (χ4n) is 2.93. The molecule has 30 heavy (non-hydrogen) atoms. The van der Waals surface area contributed by atoms with E-state index in [1.54, 1.807) is 24.4 Å². The van der Waals surface area contributed by atoms with E-state index in [9.17, 15) is 9.59 Å². The van der Waals surface area contributed by atoms with Crippen molar-refractivity contribution in [2.45, 2.75) is 32.4 Å². The second kappa shape index (κ2) is 8.77. The Morgan fingerprint density at radius 2 is 1.93 bits per heavy atom. The lowest BCUT2D eigenvalue weighted by atomic mass is 10.1. The molecular formula is C22H23N5O3. The fraction of sp³-hybridized carbons (Fsp3) is 0.273. The van der Waals surface area contributed by atoms with Gasteiger partial charge < -0.3 is 15.4 Å². The van der Waals surface area contributed by atoms with Crippen molar-refractivity contribution in [3.8, 4) is 11.4 Å². The van der Waals surface area contributed by atoms with Gasteiger partial charge in [-0.15, -0.1) is 5.10 Å². The largest absolute Gasteiger partial charge is 0.488 e. The summed E-state index contributed by atoms with van der Waals surface area (Å²) in [5, 5.41) is 13.7. The van der Waals surface area contributed by atoms with Crippen molar-refractivity contribution < 1.29 is 14.3 Å². The number of rotatable bonds is 8. The van der Waals surface area contributed by atoms with Gasteiger partial charge in [-0.1, -0.05) is 35.5 Å². The van der Waals surface area contributed by atoms with Crippen LogP contribution < -0.4 is 15.4 Å². The highest BCUT2D eigenvalue weighted by Crippen LogP contribution is 2.24. The lowest BCUT2D eigenvalue weighted by Gasteiger charge is -2.13. The fourth-order valence-corrected chi connectivity index (χ4v) is 2.93. The van der Waals surface area contributed by atoms with E-state index >= 15 is 0 Å². The van der Waals surface area contributed by atoms with Gasteiger partial charge in [0.1, 0.15) is 12.4 Å². The highest BCUT2D eigenvalue weighted by atomic mass is 16.5. The number of benzene rings is 2. The van der Waals surface area contributed by atoms with Gasteiger partial charge in [0.2, 0.25) is 0 Å². The van der Waals surface area contributed by atoms with Crippen molar-refractivity contribution in [2.75, 3.05) is 6.54 Å². The quantitative estimate of drug-likeness (QED) is 0.600. The standard InChI is InChI=1S/C22H23N5O3/c1-2-23-21(28)18-11-10-17(12-20(18)30-14-15-6-4-3-5-7-15)27-13-19(25-26-27)22(29)24-16-8-9-16/h3-7,10-13,16H,2,8-9,14H2,1H3,(H,23,28)(H,24,29). The van der Waals surface area contributed by atoms with E-state index in [-0.39, 0.29) is 23.6 Å². The zero-order valence-corrected chi connectivity index (χ0v) is 16.7. The SMILES string of the molecule is CCNC(=O)c1ccc(-n2cc(C(=O)NC3CC3)nn2)cc1OCc1ccccc1. The molecule has 1 fully saturated rings. The molecule has 1 heterocycles. The Labute approximate surface area is 174 Å². The number of aromatic nitrogens is 3. The molecule has 0 saturated heterocycles. The molecule has 4 rings (SSSR count). The summed E-state index contributed by atoms with van der Waals surface area (Å²) in [6.07, 6.45) is 3.58. The summed E-state index contributed by atoms with van der Waals surface area (Å²) in [6.45, 7) is 2.70. The van der Waals surface area contributed by atoms with Gasteiger partial charge >= 0.3 is 0 Å². The number of amides is 2. The lowest BCUT2D eigenvalue weighted by molar-refractivity contribution is 0.0940. The molecule has 8 heteroatoms. The van der Waals surface area contributed by atoms with Crippen LogP contribution >= 0.6 is 0 Å². The first-order chi connectivity index (χ1) is 14.6. The van der Waals surface area contributed by atoms with Gasteiger partial charge in [-0.2, -0.15) is 0 Å². The molecule has 3 aromatic rings. The first kappa shape index (κ1) is 19.6. The molecule has 2 N–H and O–H groups in total. The van der Waals surface area contributed by atoms with Crippen LogP contribution in [0.1, 0.15) is 46.2 Å². The summed E-state index contributed by atoms with van der Waals surface area (Å²) < 4.78 is 7.47. The number of nitrogens with one attached hydrogen (secondary N) is 2. The Morgan fingerprint density at radius 1 is 1.13 bits per heavy atom. The molecule has 8 nitrogen and oxygen atoms in total. The second-order valence-corrected chi connectivity index (χ2v) is 7.11. The first-order valence-electron chi connectivity index (χ1n) is 9.96. The molecule has 0 aliphatic heterocycles. The van der Waals surface area contributed by atoms with Gasteiger partial charge in [0.05, 0.1) is 17.4 Å². The Kier molecular flexibility index (Phi) is 5.74. The van der Waals surface area contributed by atoms with Crippen LogP contribution in [0.4, 0.5) is 0 Å². The number of nitrogens with zero attached hydrogens (tertiary/aromatic N) is 3. The molecule has 154 valence electrons. The van der Waals surface area contributed by atoms with Crippen molar-refractivity contribution in [3.63, 3.8) is 0 Å². The van der Waals surface area contributed by atoms with Gasteiger partial charge in [-0.3, -0.25) is 9.59 Å². The number of carbonyl (C=O) groups is 2. The van der Waals surface area contributed by atoms with Gasteiger partial charge in [0.15, 0.2) is 5.69 Å². The summed E-state index contributed by atoms with van der Waals surface area (Å²) in [5.74, 6) is -0.0137. The number of ether oxygens (including phenoxy) is 1. The Bertz CT molecular complexity index is 1040. The highest BCUT2D eigenvalue weighted by molar-refractivity contribution is 5.97. The normalized spacial score (nSPS) is 13.0. The second-order valence-electron chi connectivity index (χ2n) is 7.11.